The number of nitrogens with one attached hydrogen (secondary N) is 1. The summed E-state index contributed by atoms with van der Waals surface area (Å²) in [4.78, 5) is 6.99. The van der Waals surface area contributed by atoms with Crippen molar-refractivity contribution in [3.8, 4) is 11.4 Å². The van der Waals surface area contributed by atoms with E-state index in [1.165, 1.54) is 5.56 Å². The van der Waals surface area contributed by atoms with Crippen LogP contribution in [0.3, 0.4) is 0 Å². The molecule has 0 bridgehead atoms. The summed E-state index contributed by atoms with van der Waals surface area (Å²) in [5, 5.41) is 7.45. The Balaban J connectivity index is 1.73. The van der Waals surface area contributed by atoms with Crippen LogP contribution in [0.5, 0.6) is 0 Å². The van der Waals surface area contributed by atoms with Gasteiger partial charge in [-0.05, 0) is 25.5 Å². The van der Waals surface area contributed by atoms with Gasteiger partial charge >= 0.3 is 0 Å². The normalized spacial score (nSPS) is 15.4. The SMILES string of the molecule is CCCN(Cc1nc(-c2ccccc2C)no1)C1CNC1. The quantitative estimate of drug-likeness (QED) is 0.882. The molecule has 0 spiro atoms. The molecule has 0 aliphatic carbocycles. The zero-order chi connectivity index (χ0) is 14.7. The summed E-state index contributed by atoms with van der Waals surface area (Å²) in [5.41, 5.74) is 2.21. The fraction of sp³-hybridized carbons (Fsp3) is 0.500. The highest BCUT2D eigenvalue weighted by Crippen LogP contribution is 2.20. The highest BCUT2D eigenvalue weighted by molar-refractivity contribution is 5.58. The number of hydrogen-bond donors (Lipinski definition) is 1. The van der Waals surface area contributed by atoms with Gasteiger partial charge in [0.1, 0.15) is 0 Å². The Hall–Kier alpha value is -1.72. The van der Waals surface area contributed by atoms with Crippen LogP contribution >= 0.6 is 0 Å². The molecule has 1 saturated heterocycles. The number of nitrogens with zero attached hydrogens (tertiary/aromatic N) is 3. The number of hydrogen-bond acceptors (Lipinski definition) is 5. The second-order valence-corrected chi connectivity index (χ2v) is 5.61. The van der Waals surface area contributed by atoms with Crippen LogP contribution in [0.2, 0.25) is 0 Å². The van der Waals surface area contributed by atoms with Crippen molar-refractivity contribution in [1.29, 1.82) is 0 Å². The van der Waals surface area contributed by atoms with Gasteiger partial charge in [0.15, 0.2) is 0 Å². The average molecular weight is 286 g/mol. The number of aryl methyl sites for hydroxylation is 1. The van der Waals surface area contributed by atoms with E-state index >= 15 is 0 Å². The van der Waals surface area contributed by atoms with Crippen LogP contribution < -0.4 is 5.32 Å². The molecule has 0 unspecified atom stereocenters. The zero-order valence-electron chi connectivity index (χ0n) is 12.7. The van der Waals surface area contributed by atoms with Crippen LogP contribution in [0.25, 0.3) is 11.4 Å². The van der Waals surface area contributed by atoms with Gasteiger partial charge in [0, 0.05) is 24.7 Å². The number of rotatable bonds is 6. The summed E-state index contributed by atoms with van der Waals surface area (Å²) in [5.74, 6) is 1.39. The van der Waals surface area contributed by atoms with E-state index in [4.69, 9.17) is 4.52 Å². The maximum atomic E-state index is 5.45. The molecule has 5 heteroatoms. The van der Waals surface area contributed by atoms with E-state index in [2.05, 4.69) is 40.3 Å². The van der Waals surface area contributed by atoms with E-state index in [0.29, 0.717) is 17.8 Å². The zero-order valence-corrected chi connectivity index (χ0v) is 12.7. The third-order valence-electron chi connectivity index (χ3n) is 3.98. The first kappa shape index (κ1) is 14.2. The largest absolute Gasteiger partial charge is 0.338 e. The molecule has 1 fully saturated rings. The lowest BCUT2D eigenvalue weighted by molar-refractivity contribution is 0.122. The molecule has 0 amide bonds. The van der Waals surface area contributed by atoms with Crippen LogP contribution in [0.15, 0.2) is 28.8 Å². The van der Waals surface area contributed by atoms with Crippen molar-refractivity contribution in [2.24, 2.45) is 0 Å². The molecule has 2 aromatic rings. The lowest BCUT2D eigenvalue weighted by Crippen LogP contribution is -2.57. The minimum absolute atomic E-state index is 0.596. The summed E-state index contributed by atoms with van der Waals surface area (Å²) >= 11 is 0. The molecule has 1 aliphatic heterocycles. The number of aromatic nitrogens is 2. The highest BCUT2D eigenvalue weighted by Gasteiger charge is 2.25. The Morgan fingerprint density at radius 1 is 1.33 bits per heavy atom. The Morgan fingerprint density at radius 3 is 2.81 bits per heavy atom. The number of benzene rings is 1. The molecule has 0 radical (unpaired) electrons. The molecule has 21 heavy (non-hydrogen) atoms. The van der Waals surface area contributed by atoms with Crippen molar-refractivity contribution in [1.82, 2.24) is 20.4 Å². The van der Waals surface area contributed by atoms with Crippen LogP contribution in [0.1, 0.15) is 24.8 Å². The summed E-state index contributed by atoms with van der Waals surface area (Å²) in [6.45, 7) is 8.17. The summed E-state index contributed by atoms with van der Waals surface area (Å²) in [6, 6.07) is 8.71. The molecular weight excluding hydrogens is 264 g/mol. The van der Waals surface area contributed by atoms with Crippen molar-refractivity contribution in [2.75, 3.05) is 19.6 Å². The molecule has 1 aromatic heterocycles. The van der Waals surface area contributed by atoms with E-state index in [0.717, 1.165) is 38.2 Å². The molecule has 1 N–H and O–H groups in total. The first-order chi connectivity index (χ1) is 10.3. The second kappa shape index (κ2) is 6.37. The minimum atomic E-state index is 0.596. The van der Waals surface area contributed by atoms with Crippen molar-refractivity contribution in [3.63, 3.8) is 0 Å². The van der Waals surface area contributed by atoms with Gasteiger partial charge in [-0.15, -0.1) is 0 Å². The van der Waals surface area contributed by atoms with E-state index in [1.54, 1.807) is 0 Å². The van der Waals surface area contributed by atoms with Crippen molar-refractivity contribution >= 4 is 0 Å². The van der Waals surface area contributed by atoms with E-state index in [-0.39, 0.29) is 0 Å². The van der Waals surface area contributed by atoms with Crippen molar-refractivity contribution < 1.29 is 4.52 Å². The predicted octanol–water partition coefficient (Wildman–Crippen LogP) is 2.23. The molecule has 5 nitrogen and oxygen atoms in total. The maximum absolute atomic E-state index is 5.45. The van der Waals surface area contributed by atoms with Gasteiger partial charge in [-0.25, -0.2) is 0 Å². The maximum Gasteiger partial charge on any atom is 0.241 e. The van der Waals surface area contributed by atoms with Gasteiger partial charge in [-0.2, -0.15) is 4.98 Å². The van der Waals surface area contributed by atoms with Crippen LogP contribution in [0.4, 0.5) is 0 Å². The fourth-order valence-corrected chi connectivity index (χ4v) is 2.64. The Labute approximate surface area is 125 Å². The Kier molecular flexibility index (Phi) is 4.31. The fourth-order valence-electron chi connectivity index (χ4n) is 2.64. The Bertz CT molecular complexity index is 591. The topological polar surface area (TPSA) is 54.2 Å². The summed E-state index contributed by atoms with van der Waals surface area (Å²) < 4.78 is 5.45. The third kappa shape index (κ3) is 3.14. The first-order valence-corrected chi connectivity index (χ1v) is 7.61. The van der Waals surface area contributed by atoms with Gasteiger partial charge in [-0.3, -0.25) is 4.90 Å². The van der Waals surface area contributed by atoms with Gasteiger partial charge in [0.25, 0.3) is 0 Å². The molecule has 1 aliphatic rings. The van der Waals surface area contributed by atoms with Gasteiger partial charge < -0.3 is 9.84 Å². The smallest absolute Gasteiger partial charge is 0.241 e. The van der Waals surface area contributed by atoms with E-state index < -0.39 is 0 Å². The lowest BCUT2D eigenvalue weighted by Gasteiger charge is -2.37. The molecule has 112 valence electrons. The molecule has 3 rings (SSSR count). The van der Waals surface area contributed by atoms with E-state index in [1.807, 2.05) is 18.2 Å². The highest BCUT2D eigenvalue weighted by atomic mass is 16.5. The van der Waals surface area contributed by atoms with Crippen LogP contribution in [-0.4, -0.2) is 40.7 Å². The minimum Gasteiger partial charge on any atom is -0.338 e. The standard InChI is InChI=1S/C16H22N4O/c1-3-8-20(13-9-17-10-13)11-15-18-16(19-21-15)14-7-5-4-6-12(14)2/h4-7,13,17H,3,8-11H2,1-2H3. The van der Waals surface area contributed by atoms with E-state index in [9.17, 15) is 0 Å². The molecule has 0 atom stereocenters. The van der Waals surface area contributed by atoms with Gasteiger partial charge in [0.05, 0.1) is 6.54 Å². The molecular formula is C16H22N4O. The monoisotopic (exact) mass is 286 g/mol. The predicted molar refractivity (Wildman–Crippen MR) is 81.8 cm³/mol. The van der Waals surface area contributed by atoms with Gasteiger partial charge in [-0.1, -0.05) is 36.3 Å². The first-order valence-electron chi connectivity index (χ1n) is 7.61. The van der Waals surface area contributed by atoms with Gasteiger partial charge in [0.2, 0.25) is 11.7 Å². The van der Waals surface area contributed by atoms with Crippen molar-refractivity contribution in [3.05, 3.63) is 35.7 Å². The second-order valence-electron chi connectivity index (χ2n) is 5.61. The summed E-state index contributed by atoms with van der Waals surface area (Å²) in [7, 11) is 0. The summed E-state index contributed by atoms with van der Waals surface area (Å²) in [6.07, 6.45) is 1.13. The average Bonchev–Trinajstić information content (AvgIpc) is 2.86. The van der Waals surface area contributed by atoms with Crippen LogP contribution in [-0.2, 0) is 6.54 Å². The third-order valence-corrected chi connectivity index (χ3v) is 3.98. The molecule has 2 heterocycles. The lowest BCUT2D eigenvalue weighted by atomic mass is 10.1. The molecule has 1 aromatic carbocycles. The Morgan fingerprint density at radius 2 is 2.14 bits per heavy atom. The van der Waals surface area contributed by atoms with Crippen molar-refractivity contribution in [2.45, 2.75) is 32.9 Å². The van der Waals surface area contributed by atoms with Crippen LogP contribution in [0, 0.1) is 6.92 Å². The molecule has 0 saturated carbocycles.